The molecule has 5 nitrogen and oxygen atoms in total. The molecule has 0 aliphatic heterocycles. The van der Waals surface area contributed by atoms with Gasteiger partial charge in [-0.15, -0.1) is 17.9 Å². The van der Waals surface area contributed by atoms with Gasteiger partial charge in [0.15, 0.2) is 16.8 Å². The number of thiazole rings is 1. The zero-order chi connectivity index (χ0) is 17.0. The minimum Gasteiger partial charge on any atom is -0.337 e. The molecule has 0 unspecified atom stereocenters. The molecule has 1 aromatic carbocycles. The maximum atomic E-state index is 13.1. The number of carbonyl (C=O) groups excluding carboxylic acids is 2. The summed E-state index contributed by atoms with van der Waals surface area (Å²) in [6.07, 6.45) is 1.58. The number of likely N-dealkylation sites (N-methyl/N-ethyl adjacent to an activating group) is 1. The largest absolute Gasteiger partial charge is 0.337 e. The standard InChI is InChI=1S/C15H13F2N3O2S/c1-3-6-20(2)14(22)12-8-23-15(18-12)19-13(21)9-4-5-10(16)11(17)7-9/h3-5,7-8H,1,6H2,2H3,(H,18,19,21). The van der Waals surface area contributed by atoms with Crippen LogP contribution in [-0.2, 0) is 0 Å². The number of carbonyl (C=O) groups is 2. The quantitative estimate of drug-likeness (QED) is 0.853. The molecule has 0 aliphatic carbocycles. The van der Waals surface area contributed by atoms with E-state index in [1.54, 1.807) is 13.1 Å². The number of hydrogen-bond donors (Lipinski definition) is 1. The molecular formula is C15H13F2N3O2S. The summed E-state index contributed by atoms with van der Waals surface area (Å²) in [6.45, 7) is 3.91. The van der Waals surface area contributed by atoms with Gasteiger partial charge in [0.05, 0.1) is 0 Å². The van der Waals surface area contributed by atoms with Crippen molar-refractivity contribution in [2.75, 3.05) is 18.9 Å². The Labute approximate surface area is 135 Å². The zero-order valence-electron chi connectivity index (χ0n) is 12.2. The molecule has 0 saturated heterocycles. The summed E-state index contributed by atoms with van der Waals surface area (Å²) in [4.78, 5) is 29.4. The van der Waals surface area contributed by atoms with Gasteiger partial charge in [0, 0.05) is 24.5 Å². The molecular weight excluding hydrogens is 324 g/mol. The third-order valence-electron chi connectivity index (χ3n) is 2.88. The van der Waals surface area contributed by atoms with Gasteiger partial charge in [0.2, 0.25) is 0 Å². The van der Waals surface area contributed by atoms with E-state index < -0.39 is 17.5 Å². The van der Waals surface area contributed by atoms with Crippen LogP contribution in [0.15, 0.2) is 36.2 Å². The highest BCUT2D eigenvalue weighted by Gasteiger charge is 2.16. The molecule has 0 spiro atoms. The summed E-state index contributed by atoms with van der Waals surface area (Å²) in [5, 5.41) is 4.13. The average molecular weight is 337 g/mol. The molecule has 8 heteroatoms. The van der Waals surface area contributed by atoms with Gasteiger partial charge in [0.25, 0.3) is 11.8 Å². The number of aromatic nitrogens is 1. The smallest absolute Gasteiger partial charge is 0.273 e. The Morgan fingerprint density at radius 1 is 1.39 bits per heavy atom. The molecule has 120 valence electrons. The van der Waals surface area contributed by atoms with Gasteiger partial charge in [-0.05, 0) is 18.2 Å². The van der Waals surface area contributed by atoms with E-state index in [1.165, 1.54) is 10.3 Å². The molecule has 0 radical (unpaired) electrons. The monoisotopic (exact) mass is 337 g/mol. The second kappa shape index (κ2) is 7.10. The second-order valence-electron chi connectivity index (χ2n) is 4.60. The van der Waals surface area contributed by atoms with E-state index in [4.69, 9.17) is 0 Å². The fraction of sp³-hybridized carbons (Fsp3) is 0.133. The predicted octanol–water partition coefficient (Wildman–Crippen LogP) is 2.93. The van der Waals surface area contributed by atoms with E-state index in [2.05, 4.69) is 16.9 Å². The predicted molar refractivity (Wildman–Crippen MR) is 83.6 cm³/mol. The van der Waals surface area contributed by atoms with Crippen molar-refractivity contribution in [3.05, 3.63) is 59.1 Å². The summed E-state index contributed by atoms with van der Waals surface area (Å²) in [6, 6.07) is 2.82. The summed E-state index contributed by atoms with van der Waals surface area (Å²) in [5.74, 6) is -3.10. The summed E-state index contributed by atoms with van der Waals surface area (Å²) < 4.78 is 26.0. The van der Waals surface area contributed by atoms with Crippen molar-refractivity contribution in [2.24, 2.45) is 0 Å². The Kier molecular flexibility index (Phi) is 5.17. The van der Waals surface area contributed by atoms with Gasteiger partial charge in [-0.2, -0.15) is 0 Å². The third-order valence-corrected chi connectivity index (χ3v) is 3.63. The molecule has 0 bridgehead atoms. The first-order chi connectivity index (χ1) is 10.9. The summed E-state index contributed by atoms with van der Waals surface area (Å²) in [5.41, 5.74) is 0.135. The van der Waals surface area contributed by atoms with E-state index >= 15 is 0 Å². The summed E-state index contributed by atoms with van der Waals surface area (Å²) >= 11 is 1.06. The molecule has 1 N–H and O–H groups in total. The van der Waals surface area contributed by atoms with Crippen LogP contribution in [0.3, 0.4) is 0 Å². The highest BCUT2D eigenvalue weighted by molar-refractivity contribution is 7.14. The first kappa shape index (κ1) is 16.8. The molecule has 23 heavy (non-hydrogen) atoms. The lowest BCUT2D eigenvalue weighted by Gasteiger charge is -2.12. The van der Waals surface area contributed by atoms with Crippen molar-refractivity contribution in [1.82, 2.24) is 9.88 Å². The Hall–Kier alpha value is -2.61. The minimum atomic E-state index is -1.11. The van der Waals surface area contributed by atoms with Crippen LogP contribution < -0.4 is 5.32 Å². The number of halogens is 2. The van der Waals surface area contributed by atoms with E-state index in [0.717, 1.165) is 29.5 Å². The van der Waals surface area contributed by atoms with E-state index in [0.29, 0.717) is 6.54 Å². The van der Waals surface area contributed by atoms with Gasteiger partial charge in [-0.1, -0.05) is 6.08 Å². The van der Waals surface area contributed by atoms with Gasteiger partial charge in [0.1, 0.15) is 5.69 Å². The maximum Gasteiger partial charge on any atom is 0.273 e. The van der Waals surface area contributed by atoms with Crippen LogP contribution in [0.25, 0.3) is 0 Å². The lowest BCUT2D eigenvalue weighted by molar-refractivity contribution is 0.0805. The lowest BCUT2D eigenvalue weighted by Crippen LogP contribution is -2.27. The van der Waals surface area contributed by atoms with Gasteiger partial charge >= 0.3 is 0 Å². The molecule has 2 amide bonds. The van der Waals surface area contributed by atoms with Crippen LogP contribution >= 0.6 is 11.3 Å². The number of rotatable bonds is 5. The lowest BCUT2D eigenvalue weighted by atomic mass is 10.2. The fourth-order valence-corrected chi connectivity index (χ4v) is 2.39. The molecule has 0 saturated carbocycles. The van der Waals surface area contributed by atoms with Crippen LogP contribution in [0.2, 0.25) is 0 Å². The first-order valence-electron chi connectivity index (χ1n) is 6.50. The number of anilines is 1. The summed E-state index contributed by atoms with van der Waals surface area (Å²) in [7, 11) is 1.60. The molecule has 1 aromatic heterocycles. The van der Waals surface area contributed by atoms with Crippen LogP contribution in [-0.4, -0.2) is 35.3 Å². The Morgan fingerprint density at radius 2 is 2.13 bits per heavy atom. The van der Waals surface area contributed by atoms with Gasteiger partial charge in [-0.25, -0.2) is 13.8 Å². The SMILES string of the molecule is C=CCN(C)C(=O)c1csc(NC(=O)c2ccc(F)c(F)c2)n1. The second-order valence-corrected chi connectivity index (χ2v) is 5.45. The molecule has 0 atom stereocenters. The Bertz CT molecular complexity index is 761. The highest BCUT2D eigenvalue weighted by Crippen LogP contribution is 2.18. The van der Waals surface area contributed by atoms with Crippen molar-refractivity contribution in [1.29, 1.82) is 0 Å². The van der Waals surface area contributed by atoms with E-state index in [1.807, 2.05) is 0 Å². The van der Waals surface area contributed by atoms with Crippen molar-refractivity contribution in [3.63, 3.8) is 0 Å². The van der Waals surface area contributed by atoms with E-state index in [-0.39, 0.29) is 22.3 Å². The molecule has 2 aromatic rings. The number of benzene rings is 1. The highest BCUT2D eigenvalue weighted by atomic mass is 32.1. The van der Waals surface area contributed by atoms with Crippen molar-refractivity contribution >= 4 is 28.3 Å². The number of nitrogens with zero attached hydrogens (tertiary/aromatic N) is 2. The molecule has 2 rings (SSSR count). The molecule has 0 fully saturated rings. The normalized spacial score (nSPS) is 10.2. The molecule has 0 aliphatic rings. The number of amides is 2. The number of hydrogen-bond acceptors (Lipinski definition) is 4. The average Bonchev–Trinajstić information content (AvgIpc) is 2.97. The van der Waals surface area contributed by atoms with Crippen molar-refractivity contribution in [2.45, 2.75) is 0 Å². The topological polar surface area (TPSA) is 62.3 Å². The Balaban J connectivity index is 2.09. The van der Waals surface area contributed by atoms with Crippen LogP contribution in [0.5, 0.6) is 0 Å². The third kappa shape index (κ3) is 3.98. The Morgan fingerprint density at radius 3 is 2.78 bits per heavy atom. The fourth-order valence-electron chi connectivity index (χ4n) is 1.71. The first-order valence-corrected chi connectivity index (χ1v) is 7.38. The van der Waals surface area contributed by atoms with E-state index in [9.17, 15) is 18.4 Å². The molecule has 1 heterocycles. The van der Waals surface area contributed by atoms with Crippen LogP contribution in [0.1, 0.15) is 20.8 Å². The number of nitrogens with one attached hydrogen (secondary N) is 1. The van der Waals surface area contributed by atoms with Crippen LogP contribution in [0.4, 0.5) is 13.9 Å². The zero-order valence-corrected chi connectivity index (χ0v) is 13.0. The minimum absolute atomic E-state index is 0.0456. The van der Waals surface area contributed by atoms with Crippen molar-refractivity contribution in [3.8, 4) is 0 Å². The van der Waals surface area contributed by atoms with Gasteiger partial charge in [-0.3, -0.25) is 14.9 Å². The van der Waals surface area contributed by atoms with Crippen molar-refractivity contribution < 1.29 is 18.4 Å². The maximum absolute atomic E-state index is 13.1. The van der Waals surface area contributed by atoms with Gasteiger partial charge < -0.3 is 4.90 Å². The van der Waals surface area contributed by atoms with Crippen LogP contribution in [0, 0.1) is 11.6 Å².